The number of fused-ring (bicyclic) bond motifs is 5. The molecule has 0 bridgehead atoms. The lowest BCUT2D eigenvalue weighted by Gasteiger charge is -2.39. The zero-order valence-corrected chi connectivity index (χ0v) is 42.6. The Morgan fingerprint density at radius 3 is 1.47 bits per heavy atom. The molecule has 2 heteroatoms. The van der Waals surface area contributed by atoms with Crippen molar-refractivity contribution in [1.29, 1.82) is 0 Å². The van der Waals surface area contributed by atoms with Crippen LogP contribution in [-0.2, 0) is 5.41 Å². The van der Waals surface area contributed by atoms with Crippen molar-refractivity contribution in [1.82, 2.24) is 0 Å². The minimum absolute atomic E-state index is 0.107. The quantitative estimate of drug-likeness (QED) is 0.127. The lowest BCUT2D eigenvalue weighted by molar-refractivity contribution is 0.627. The van der Waals surface area contributed by atoms with Crippen molar-refractivity contribution in [2.45, 2.75) is 5.41 Å². The summed E-state index contributed by atoms with van der Waals surface area (Å²) in [7, 11) is 0. The van der Waals surface area contributed by atoms with E-state index < -0.39 is 5.41 Å². The van der Waals surface area contributed by atoms with Crippen LogP contribution in [0.5, 0.6) is 0 Å². The van der Waals surface area contributed by atoms with Crippen LogP contribution in [0.1, 0.15) is 27.8 Å². The maximum Gasteiger partial charge on any atom is 0.0713 e. The summed E-state index contributed by atoms with van der Waals surface area (Å²) in [6, 6.07) is 102. The van der Waals surface area contributed by atoms with E-state index >= 15 is 0 Å². The highest BCUT2D eigenvalue weighted by molar-refractivity contribution is 5.99. The molecule has 2 nitrogen and oxygen atoms in total. The van der Waals surface area contributed by atoms with Gasteiger partial charge in [-0.25, -0.2) is 0 Å². The molecule has 0 amide bonds. The van der Waals surface area contributed by atoms with Gasteiger partial charge in [-0.05, 0) is 133 Å². The molecule has 11 aromatic carbocycles. The first-order valence-corrected chi connectivity index (χ1v) is 26.8. The van der Waals surface area contributed by atoms with Gasteiger partial charge in [-0.1, -0.05) is 255 Å². The van der Waals surface area contributed by atoms with Gasteiger partial charge in [0.15, 0.2) is 0 Å². The van der Waals surface area contributed by atoms with E-state index in [-0.39, 0.29) is 11.8 Å². The number of hydrogen-bond donors (Lipinski definition) is 0. The summed E-state index contributed by atoms with van der Waals surface area (Å²) in [6.07, 6.45) is 14.0. The average molecular weight is 983 g/mol. The van der Waals surface area contributed by atoms with Crippen LogP contribution in [0.3, 0.4) is 0 Å². The Kier molecular flexibility index (Phi) is 11.6. The monoisotopic (exact) mass is 982 g/mol. The minimum Gasteiger partial charge on any atom is -0.314 e. The molecule has 77 heavy (non-hydrogen) atoms. The summed E-state index contributed by atoms with van der Waals surface area (Å²) < 4.78 is 0. The molecule has 3 aliphatic rings. The highest BCUT2D eigenvalue weighted by Crippen LogP contribution is 2.57. The Balaban J connectivity index is 0.883. The molecular weight excluding hydrogens is 929 g/mol. The fourth-order valence-electron chi connectivity index (χ4n) is 12.7. The molecule has 364 valence electrons. The first kappa shape index (κ1) is 45.8. The van der Waals surface area contributed by atoms with Crippen LogP contribution in [0.4, 0.5) is 28.4 Å². The molecule has 14 rings (SSSR count). The lowest BCUT2D eigenvalue weighted by atomic mass is 9.68. The molecule has 0 saturated carbocycles. The Morgan fingerprint density at radius 1 is 0.312 bits per heavy atom. The number of nitrogens with zero attached hydrogens (tertiary/aromatic N) is 2. The number of para-hydroxylation sites is 1. The minimum atomic E-state index is -0.481. The summed E-state index contributed by atoms with van der Waals surface area (Å²) in [5.74, 6) is 0.281. The first-order chi connectivity index (χ1) is 38.2. The van der Waals surface area contributed by atoms with Crippen molar-refractivity contribution in [3.05, 3.63) is 349 Å². The molecule has 11 aromatic rings. The van der Waals surface area contributed by atoms with Gasteiger partial charge in [-0.3, -0.25) is 0 Å². The Labute approximate surface area is 451 Å². The van der Waals surface area contributed by atoms with Crippen molar-refractivity contribution in [2.75, 3.05) is 9.80 Å². The van der Waals surface area contributed by atoms with Gasteiger partial charge in [-0.2, -0.15) is 0 Å². The van der Waals surface area contributed by atoms with Crippen LogP contribution in [0.2, 0.25) is 0 Å². The second-order valence-corrected chi connectivity index (χ2v) is 20.3. The van der Waals surface area contributed by atoms with E-state index in [1.165, 1.54) is 72.1 Å². The van der Waals surface area contributed by atoms with E-state index in [2.05, 4.69) is 325 Å². The number of anilines is 5. The predicted molar refractivity (Wildman–Crippen MR) is 323 cm³/mol. The summed E-state index contributed by atoms with van der Waals surface area (Å²) in [5, 5.41) is 2.43. The summed E-state index contributed by atoms with van der Waals surface area (Å²) in [6.45, 7) is 0. The largest absolute Gasteiger partial charge is 0.314 e. The zero-order chi connectivity index (χ0) is 51.1. The van der Waals surface area contributed by atoms with Crippen LogP contribution in [0, 0.1) is 11.8 Å². The van der Waals surface area contributed by atoms with Gasteiger partial charge in [-0.15, -0.1) is 0 Å². The molecule has 0 spiro atoms. The summed E-state index contributed by atoms with van der Waals surface area (Å²) in [4.78, 5) is 4.89. The molecule has 0 aliphatic heterocycles. The van der Waals surface area contributed by atoms with Crippen molar-refractivity contribution in [3.63, 3.8) is 0 Å². The molecule has 0 radical (unpaired) electrons. The van der Waals surface area contributed by atoms with Gasteiger partial charge >= 0.3 is 0 Å². The highest BCUT2D eigenvalue weighted by atomic mass is 15.2. The smallest absolute Gasteiger partial charge is 0.0713 e. The van der Waals surface area contributed by atoms with Crippen molar-refractivity contribution in [2.24, 2.45) is 11.8 Å². The van der Waals surface area contributed by atoms with Crippen LogP contribution in [0.15, 0.2) is 321 Å². The van der Waals surface area contributed by atoms with Crippen LogP contribution >= 0.6 is 0 Å². The normalized spacial score (nSPS) is 15.7. The van der Waals surface area contributed by atoms with Gasteiger partial charge < -0.3 is 9.80 Å². The third kappa shape index (κ3) is 7.88. The topological polar surface area (TPSA) is 6.48 Å². The van der Waals surface area contributed by atoms with Crippen LogP contribution < -0.4 is 9.80 Å². The van der Waals surface area contributed by atoms with Gasteiger partial charge in [0, 0.05) is 45.7 Å². The molecule has 2 unspecified atom stereocenters. The third-order valence-corrected chi connectivity index (χ3v) is 16.2. The fourth-order valence-corrected chi connectivity index (χ4v) is 12.7. The Morgan fingerprint density at radius 2 is 0.805 bits per heavy atom. The molecule has 0 heterocycles. The molecule has 2 atom stereocenters. The van der Waals surface area contributed by atoms with E-state index in [9.17, 15) is 0 Å². The van der Waals surface area contributed by atoms with Gasteiger partial charge in [0.2, 0.25) is 0 Å². The maximum absolute atomic E-state index is 2.52. The molecule has 0 saturated heterocycles. The number of allylic oxidation sites excluding steroid dienone is 7. The van der Waals surface area contributed by atoms with Crippen molar-refractivity contribution in [3.8, 4) is 33.4 Å². The Bertz CT molecular complexity index is 4030. The van der Waals surface area contributed by atoms with E-state index in [0.717, 1.165) is 39.6 Å². The van der Waals surface area contributed by atoms with Crippen LogP contribution in [-0.4, -0.2) is 0 Å². The number of benzene rings is 11. The van der Waals surface area contributed by atoms with Gasteiger partial charge in [0.1, 0.15) is 0 Å². The number of hydrogen-bond acceptors (Lipinski definition) is 2. The van der Waals surface area contributed by atoms with E-state index in [4.69, 9.17) is 0 Å². The predicted octanol–water partition coefficient (Wildman–Crippen LogP) is 19.5. The highest BCUT2D eigenvalue weighted by Gasteiger charge is 2.46. The summed E-state index contributed by atoms with van der Waals surface area (Å²) >= 11 is 0. The molecule has 0 fully saturated rings. The lowest BCUT2D eigenvalue weighted by Crippen LogP contribution is -2.30. The maximum atomic E-state index is 2.52. The second-order valence-electron chi connectivity index (χ2n) is 20.3. The van der Waals surface area contributed by atoms with E-state index in [0.29, 0.717) is 0 Å². The number of rotatable bonds is 11. The first-order valence-electron chi connectivity index (χ1n) is 26.8. The summed E-state index contributed by atoms with van der Waals surface area (Å²) in [5.41, 5.74) is 21.3. The SMILES string of the molecule is C1=CC2C(c3ccccc3)=CC=C(N(c3ccc(-c4ccccc4-c4ccc(N(c5ccccc5)c5cccc6ccccc56)cc4)cc3)c3ccc4c(c3)-c3ccccc3C4(c3ccccc3)c3ccccc3)C2C=C1. The Hall–Kier alpha value is -9.76. The zero-order valence-electron chi connectivity index (χ0n) is 42.6. The van der Waals surface area contributed by atoms with E-state index in [1.54, 1.807) is 0 Å². The molecular formula is C75H54N2. The van der Waals surface area contributed by atoms with Gasteiger partial charge in [0.25, 0.3) is 0 Å². The van der Waals surface area contributed by atoms with Gasteiger partial charge in [0.05, 0.1) is 11.1 Å². The fraction of sp³-hybridized carbons (Fsp3) is 0.0400. The molecule has 0 N–H and O–H groups in total. The third-order valence-electron chi connectivity index (χ3n) is 16.2. The second kappa shape index (κ2) is 19.5. The standard InChI is InChI=1S/C75H54N2/c1-5-22-53(23-6-1)65-49-51-74(69-37-18-17-35-67(65)69)77(62-48-50-72-70(52-62)68-36-19-20-38-71(68)75(72,57-26-7-2-8-27-57)58-28-9-3-10-29-58)61-46-42-56(43-47-61)64-33-16-15-32-63(64)55-40-44-60(45-41-55)76(59-30-11-4-12-31-59)73-39-21-25-54-24-13-14-34-66(54)73/h1-52,67,69H. The van der Waals surface area contributed by atoms with Crippen molar-refractivity contribution < 1.29 is 0 Å². The van der Waals surface area contributed by atoms with Crippen LogP contribution in [0.25, 0.3) is 49.7 Å². The molecule has 0 aromatic heterocycles. The van der Waals surface area contributed by atoms with Crippen molar-refractivity contribution >= 4 is 44.8 Å². The van der Waals surface area contributed by atoms with E-state index in [1.807, 2.05) is 0 Å². The average Bonchev–Trinajstić information content (AvgIpc) is 4.08. The molecule has 3 aliphatic carbocycles.